The summed E-state index contributed by atoms with van der Waals surface area (Å²) in [7, 11) is 0. The molecule has 1 saturated heterocycles. The Labute approximate surface area is 156 Å². The third-order valence-electron chi connectivity index (χ3n) is 4.44. The number of hydrogen-bond acceptors (Lipinski definition) is 6. The Morgan fingerprint density at radius 3 is 2.59 bits per heavy atom. The lowest BCUT2D eigenvalue weighted by atomic mass is 9.96. The SMILES string of the molecule is Cc1noc(CNC(=O)C2CCN(CC(=O)Nc3ccc(F)cc3)CC2)n1. The predicted octanol–water partition coefficient (Wildman–Crippen LogP) is 1.48. The van der Waals surface area contributed by atoms with Gasteiger partial charge in [0.1, 0.15) is 5.82 Å². The van der Waals surface area contributed by atoms with E-state index in [1.807, 2.05) is 4.90 Å². The fourth-order valence-electron chi connectivity index (χ4n) is 3.01. The monoisotopic (exact) mass is 375 g/mol. The van der Waals surface area contributed by atoms with Crippen molar-refractivity contribution in [1.29, 1.82) is 0 Å². The van der Waals surface area contributed by atoms with Crippen LogP contribution in [0.15, 0.2) is 28.8 Å². The van der Waals surface area contributed by atoms with Gasteiger partial charge in [0, 0.05) is 11.6 Å². The van der Waals surface area contributed by atoms with E-state index in [0.29, 0.717) is 43.3 Å². The van der Waals surface area contributed by atoms with Crippen LogP contribution < -0.4 is 10.6 Å². The Morgan fingerprint density at radius 1 is 1.26 bits per heavy atom. The van der Waals surface area contributed by atoms with Crippen LogP contribution in [0, 0.1) is 18.7 Å². The summed E-state index contributed by atoms with van der Waals surface area (Å²) in [6.07, 6.45) is 1.36. The molecule has 27 heavy (non-hydrogen) atoms. The molecule has 2 heterocycles. The molecule has 0 bridgehead atoms. The Hall–Kier alpha value is -2.81. The van der Waals surface area contributed by atoms with E-state index in [9.17, 15) is 14.0 Å². The van der Waals surface area contributed by atoms with Crippen molar-refractivity contribution >= 4 is 17.5 Å². The topological polar surface area (TPSA) is 100 Å². The molecule has 1 aliphatic rings. The number of amides is 2. The van der Waals surface area contributed by atoms with Gasteiger partial charge in [-0.15, -0.1) is 0 Å². The first-order valence-corrected chi connectivity index (χ1v) is 8.84. The minimum atomic E-state index is -0.345. The number of piperidine rings is 1. The number of anilines is 1. The van der Waals surface area contributed by atoms with Gasteiger partial charge in [0.25, 0.3) is 0 Å². The van der Waals surface area contributed by atoms with Gasteiger partial charge >= 0.3 is 0 Å². The fraction of sp³-hybridized carbons (Fsp3) is 0.444. The van der Waals surface area contributed by atoms with E-state index < -0.39 is 0 Å². The molecule has 1 aliphatic heterocycles. The summed E-state index contributed by atoms with van der Waals surface area (Å²) in [5.41, 5.74) is 0.562. The number of aromatic nitrogens is 2. The first-order valence-electron chi connectivity index (χ1n) is 8.84. The summed E-state index contributed by atoms with van der Waals surface area (Å²) in [4.78, 5) is 30.4. The molecular formula is C18H22FN5O3. The maximum Gasteiger partial charge on any atom is 0.246 e. The number of rotatable bonds is 6. The summed E-state index contributed by atoms with van der Waals surface area (Å²) in [6.45, 7) is 3.51. The molecule has 144 valence electrons. The quantitative estimate of drug-likeness (QED) is 0.793. The lowest BCUT2D eigenvalue weighted by Gasteiger charge is -2.30. The summed E-state index contributed by atoms with van der Waals surface area (Å²) in [5, 5.41) is 9.23. The molecule has 1 aromatic carbocycles. The van der Waals surface area contributed by atoms with Gasteiger partial charge in [-0.25, -0.2) is 4.39 Å². The number of carbonyl (C=O) groups is 2. The highest BCUT2D eigenvalue weighted by molar-refractivity contribution is 5.92. The van der Waals surface area contributed by atoms with Crippen molar-refractivity contribution < 1.29 is 18.5 Å². The predicted molar refractivity (Wildman–Crippen MR) is 95.1 cm³/mol. The molecule has 1 aromatic heterocycles. The maximum absolute atomic E-state index is 12.9. The van der Waals surface area contributed by atoms with Gasteiger partial charge in [-0.1, -0.05) is 5.16 Å². The van der Waals surface area contributed by atoms with Crippen molar-refractivity contribution in [3.8, 4) is 0 Å². The molecule has 0 aliphatic carbocycles. The summed E-state index contributed by atoms with van der Waals surface area (Å²) < 4.78 is 17.9. The molecule has 0 radical (unpaired) electrons. The fourth-order valence-corrected chi connectivity index (χ4v) is 3.01. The highest BCUT2D eigenvalue weighted by Gasteiger charge is 2.26. The second-order valence-electron chi connectivity index (χ2n) is 6.56. The van der Waals surface area contributed by atoms with E-state index in [1.165, 1.54) is 24.3 Å². The van der Waals surface area contributed by atoms with Crippen LogP contribution in [0.5, 0.6) is 0 Å². The van der Waals surface area contributed by atoms with E-state index in [1.54, 1.807) is 6.92 Å². The molecule has 2 N–H and O–H groups in total. The van der Waals surface area contributed by atoms with Crippen LogP contribution in [-0.2, 0) is 16.1 Å². The van der Waals surface area contributed by atoms with Crippen LogP contribution in [0.3, 0.4) is 0 Å². The van der Waals surface area contributed by atoms with Gasteiger partial charge in [0.15, 0.2) is 5.82 Å². The van der Waals surface area contributed by atoms with Gasteiger partial charge in [0.2, 0.25) is 17.7 Å². The highest BCUT2D eigenvalue weighted by Crippen LogP contribution is 2.17. The molecule has 0 atom stereocenters. The molecule has 9 heteroatoms. The zero-order chi connectivity index (χ0) is 19.2. The van der Waals surface area contributed by atoms with Gasteiger partial charge in [0.05, 0.1) is 13.1 Å². The smallest absolute Gasteiger partial charge is 0.246 e. The van der Waals surface area contributed by atoms with Crippen molar-refractivity contribution in [3.63, 3.8) is 0 Å². The molecule has 2 aromatic rings. The van der Waals surface area contributed by atoms with E-state index >= 15 is 0 Å². The van der Waals surface area contributed by atoms with Gasteiger partial charge in [-0.2, -0.15) is 4.98 Å². The van der Waals surface area contributed by atoms with Crippen molar-refractivity contribution in [2.24, 2.45) is 5.92 Å². The highest BCUT2D eigenvalue weighted by atomic mass is 19.1. The molecule has 1 fully saturated rings. The minimum absolute atomic E-state index is 0.0405. The van der Waals surface area contributed by atoms with Crippen LogP contribution in [0.25, 0.3) is 0 Å². The molecule has 0 unspecified atom stereocenters. The number of likely N-dealkylation sites (tertiary alicyclic amines) is 1. The molecule has 0 spiro atoms. The molecule has 0 saturated carbocycles. The lowest BCUT2D eigenvalue weighted by Crippen LogP contribution is -2.43. The minimum Gasteiger partial charge on any atom is -0.347 e. The molecular weight excluding hydrogens is 353 g/mol. The molecule has 8 nitrogen and oxygen atoms in total. The number of nitrogens with zero attached hydrogens (tertiary/aromatic N) is 3. The third-order valence-corrected chi connectivity index (χ3v) is 4.44. The number of halogens is 1. The standard InChI is InChI=1S/C18H22FN5O3/c1-12-21-17(27-23-12)10-20-18(26)13-6-8-24(9-7-13)11-16(25)22-15-4-2-14(19)3-5-15/h2-5,13H,6-11H2,1H3,(H,20,26)(H,22,25). The third kappa shape index (κ3) is 5.58. The largest absolute Gasteiger partial charge is 0.347 e. The van der Waals surface area contributed by atoms with Crippen molar-refractivity contribution in [2.75, 3.05) is 25.0 Å². The van der Waals surface area contributed by atoms with E-state index in [2.05, 4.69) is 20.8 Å². The summed E-state index contributed by atoms with van der Waals surface area (Å²) >= 11 is 0. The first kappa shape index (κ1) is 19.0. The normalized spacial score (nSPS) is 15.5. The first-order chi connectivity index (χ1) is 13.0. The van der Waals surface area contributed by atoms with Crippen molar-refractivity contribution in [2.45, 2.75) is 26.3 Å². The number of carbonyl (C=O) groups excluding carboxylic acids is 2. The molecule has 2 amide bonds. The van der Waals surface area contributed by atoms with Crippen LogP contribution in [0.1, 0.15) is 24.6 Å². The van der Waals surface area contributed by atoms with Gasteiger partial charge < -0.3 is 15.2 Å². The summed E-state index contributed by atoms with van der Waals surface area (Å²) in [5.74, 6) is 0.285. The van der Waals surface area contributed by atoms with Crippen molar-refractivity contribution in [1.82, 2.24) is 20.4 Å². The van der Waals surface area contributed by atoms with Crippen molar-refractivity contribution in [3.05, 3.63) is 41.8 Å². The molecule has 3 rings (SSSR count). The van der Waals surface area contributed by atoms with Crippen LogP contribution in [-0.4, -0.2) is 46.5 Å². The Balaban J connectivity index is 1.38. The number of nitrogens with one attached hydrogen (secondary N) is 2. The van der Waals surface area contributed by atoms with Crippen LogP contribution in [0.4, 0.5) is 10.1 Å². The Bertz CT molecular complexity index is 785. The number of aryl methyl sites for hydroxylation is 1. The van der Waals surface area contributed by atoms with E-state index in [0.717, 1.165) is 0 Å². The van der Waals surface area contributed by atoms with E-state index in [4.69, 9.17) is 4.52 Å². The zero-order valence-corrected chi connectivity index (χ0v) is 15.1. The Morgan fingerprint density at radius 2 is 1.96 bits per heavy atom. The average molecular weight is 375 g/mol. The lowest BCUT2D eigenvalue weighted by molar-refractivity contribution is -0.126. The second-order valence-corrected chi connectivity index (χ2v) is 6.56. The van der Waals surface area contributed by atoms with Crippen LogP contribution in [0.2, 0.25) is 0 Å². The number of hydrogen-bond donors (Lipinski definition) is 2. The van der Waals surface area contributed by atoms with Gasteiger partial charge in [-0.05, 0) is 57.1 Å². The second kappa shape index (κ2) is 8.72. The number of benzene rings is 1. The summed E-state index contributed by atoms with van der Waals surface area (Å²) in [6, 6.07) is 5.65. The van der Waals surface area contributed by atoms with E-state index in [-0.39, 0.29) is 36.6 Å². The van der Waals surface area contributed by atoms with Gasteiger partial charge in [-0.3, -0.25) is 14.5 Å². The Kier molecular flexibility index (Phi) is 6.12. The van der Waals surface area contributed by atoms with Crippen LogP contribution >= 0.6 is 0 Å². The average Bonchev–Trinajstić information content (AvgIpc) is 3.07. The zero-order valence-electron chi connectivity index (χ0n) is 15.1. The maximum atomic E-state index is 12.9.